The number of aromatic nitrogens is 2. The zero-order valence-corrected chi connectivity index (χ0v) is 15.9. The van der Waals surface area contributed by atoms with E-state index in [0.717, 1.165) is 31.7 Å². The first kappa shape index (κ1) is 18.4. The van der Waals surface area contributed by atoms with Gasteiger partial charge in [-0.2, -0.15) is 5.10 Å². The van der Waals surface area contributed by atoms with Gasteiger partial charge in [0.15, 0.2) is 5.69 Å². The summed E-state index contributed by atoms with van der Waals surface area (Å²) >= 11 is 0. The molecule has 3 aromatic rings. The number of carbonyl (C=O) groups is 1. The van der Waals surface area contributed by atoms with Crippen molar-refractivity contribution >= 4 is 16.7 Å². The lowest BCUT2D eigenvalue weighted by atomic mass is 10.1. The van der Waals surface area contributed by atoms with Crippen molar-refractivity contribution in [2.75, 3.05) is 19.6 Å². The van der Waals surface area contributed by atoms with E-state index in [1.54, 1.807) is 37.6 Å². The molecule has 0 bridgehead atoms. The summed E-state index contributed by atoms with van der Waals surface area (Å²) in [6.45, 7) is 2.40. The van der Waals surface area contributed by atoms with E-state index in [9.17, 15) is 9.59 Å². The van der Waals surface area contributed by atoms with Crippen LogP contribution in [-0.4, -0.2) is 40.2 Å². The van der Waals surface area contributed by atoms with E-state index in [4.69, 9.17) is 4.42 Å². The molecule has 7 heteroatoms. The van der Waals surface area contributed by atoms with E-state index in [1.807, 2.05) is 12.1 Å². The largest absolute Gasteiger partial charge is 0.468 e. The molecule has 1 saturated heterocycles. The van der Waals surface area contributed by atoms with Gasteiger partial charge in [-0.15, -0.1) is 0 Å². The summed E-state index contributed by atoms with van der Waals surface area (Å²) in [6, 6.07) is 10.9. The lowest BCUT2D eigenvalue weighted by Gasteiger charge is -2.33. The monoisotopic (exact) mass is 380 g/mol. The average Bonchev–Trinajstić information content (AvgIpc) is 3.26. The van der Waals surface area contributed by atoms with Gasteiger partial charge in [-0.25, -0.2) is 4.68 Å². The van der Waals surface area contributed by atoms with Crippen LogP contribution in [0.25, 0.3) is 10.8 Å². The van der Waals surface area contributed by atoms with Crippen LogP contribution in [-0.2, 0) is 7.05 Å². The van der Waals surface area contributed by atoms with Crippen LogP contribution in [0.5, 0.6) is 0 Å². The molecular formula is C21H24N4O3. The number of nitrogens with zero attached hydrogens (tertiary/aromatic N) is 3. The molecular weight excluding hydrogens is 356 g/mol. The summed E-state index contributed by atoms with van der Waals surface area (Å²) in [5, 5.41) is 8.27. The van der Waals surface area contributed by atoms with E-state index in [2.05, 4.69) is 15.3 Å². The van der Waals surface area contributed by atoms with Gasteiger partial charge in [0.05, 0.1) is 17.7 Å². The molecule has 0 saturated carbocycles. The fourth-order valence-corrected chi connectivity index (χ4v) is 3.86. The Morgan fingerprint density at radius 3 is 2.61 bits per heavy atom. The zero-order chi connectivity index (χ0) is 19.5. The van der Waals surface area contributed by atoms with Crippen molar-refractivity contribution in [3.63, 3.8) is 0 Å². The minimum absolute atomic E-state index is 0.0157. The number of furan rings is 1. The van der Waals surface area contributed by atoms with Crippen LogP contribution in [0.1, 0.15) is 41.6 Å². The number of likely N-dealkylation sites (tertiary alicyclic amines) is 1. The van der Waals surface area contributed by atoms with E-state index in [0.29, 0.717) is 17.3 Å². The van der Waals surface area contributed by atoms with Gasteiger partial charge in [0.25, 0.3) is 11.5 Å². The van der Waals surface area contributed by atoms with Gasteiger partial charge in [0, 0.05) is 19.0 Å². The van der Waals surface area contributed by atoms with Crippen LogP contribution < -0.4 is 10.9 Å². The lowest BCUT2D eigenvalue weighted by Crippen LogP contribution is -2.41. The first-order chi connectivity index (χ1) is 13.6. The molecule has 0 unspecified atom stereocenters. The van der Waals surface area contributed by atoms with Crippen LogP contribution in [0.2, 0.25) is 0 Å². The number of aryl methyl sites for hydroxylation is 1. The number of hydrogen-bond donors (Lipinski definition) is 1. The van der Waals surface area contributed by atoms with Crippen molar-refractivity contribution < 1.29 is 9.21 Å². The van der Waals surface area contributed by atoms with Crippen molar-refractivity contribution in [1.29, 1.82) is 0 Å². The van der Waals surface area contributed by atoms with Crippen molar-refractivity contribution in [3.8, 4) is 0 Å². The molecule has 4 rings (SSSR count). The molecule has 0 aliphatic carbocycles. The summed E-state index contributed by atoms with van der Waals surface area (Å²) in [5.41, 5.74) is 0.0449. The molecule has 3 heterocycles. The summed E-state index contributed by atoms with van der Waals surface area (Å²) < 4.78 is 6.85. The highest BCUT2D eigenvalue weighted by Crippen LogP contribution is 2.24. The maximum absolute atomic E-state index is 12.9. The minimum Gasteiger partial charge on any atom is -0.468 e. The van der Waals surface area contributed by atoms with Crippen LogP contribution in [0.15, 0.2) is 51.9 Å². The number of carbonyl (C=O) groups excluding carboxylic acids is 1. The number of rotatable bonds is 5. The first-order valence-electron chi connectivity index (χ1n) is 9.67. The van der Waals surface area contributed by atoms with Crippen molar-refractivity contribution in [1.82, 2.24) is 20.0 Å². The summed E-state index contributed by atoms with van der Waals surface area (Å²) in [6.07, 6.45) is 5.20. The van der Waals surface area contributed by atoms with Crippen molar-refractivity contribution in [3.05, 3.63) is 64.5 Å². The maximum Gasteiger partial charge on any atom is 0.274 e. The molecule has 2 aromatic heterocycles. The minimum atomic E-state index is -0.291. The average molecular weight is 380 g/mol. The Hall–Kier alpha value is -2.93. The Kier molecular flexibility index (Phi) is 5.25. The zero-order valence-electron chi connectivity index (χ0n) is 15.9. The molecule has 7 nitrogen and oxygen atoms in total. The Morgan fingerprint density at radius 1 is 1.14 bits per heavy atom. The summed E-state index contributed by atoms with van der Waals surface area (Å²) in [4.78, 5) is 27.6. The third-order valence-electron chi connectivity index (χ3n) is 5.33. The second-order valence-electron chi connectivity index (χ2n) is 7.16. The molecule has 0 spiro atoms. The second-order valence-corrected chi connectivity index (χ2v) is 7.16. The molecule has 1 aliphatic rings. The Bertz CT molecular complexity index is 1020. The number of fused-ring (bicyclic) bond motifs is 1. The number of hydrogen-bond acceptors (Lipinski definition) is 5. The number of piperidine rings is 1. The van der Waals surface area contributed by atoms with Crippen molar-refractivity contribution in [2.24, 2.45) is 7.05 Å². The topological polar surface area (TPSA) is 80.4 Å². The molecule has 28 heavy (non-hydrogen) atoms. The SMILES string of the molecule is Cn1nc(C(=O)NC[C@@H](c2ccco2)N2CCCCC2)c2ccccc2c1=O. The number of benzene rings is 1. The fraction of sp³-hybridized carbons (Fsp3) is 0.381. The third-order valence-corrected chi connectivity index (χ3v) is 5.33. The molecule has 1 amide bonds. The second kappa shape index (κ2) is 7.98. The van der Waals surface area contributed by atoms with Crippen LogP contribution >= 0.6 is 0 Å². The van der Waals surface area contributed by atoms with Gasteiger partial charge in [-0.05, 0) is 44.1 Å². The Balaban J connectivity index is 1.58. The molecule has 1 aliphatic heterocycles. The number of nitrogens with one attached hydrogen (secondary N) is 1. The van der Waals surface area contributed by atoms with Gasteiger partial charge < -0.3 is 9.73 Å². The molecule has 0 radical (unpaired) electrons. The van der Waals surface area contributed by atoms with Crippen LogP contribution in [0, 0.1) is 0 Å². The fourth-order valence-electron chi connectivity index (χ4n) is 3.86. The maximum atomic E-state index is 12.9. The summed E-state index contributed by atoms with van der Waals surface area (Å²) in [7, 11) is 1.56. The smallest absolute Gasteiger partial charge is 0.274 e. The van der Waals surface area contributed by atoms with Gasteiger partial charge in [-0.3, -0.25) is 14.5 Å². The molecule has 1 N–H and O–H groups in total. The van der Waals surface area contributed by atoms with Gasteiger partial charge >= 0.3 is 0 Å². The third kappa shape index (κ3) is 3.57. The van der Waals surface area contributed by atoms with Gasteiger partial charge in [0.2, 0.25) is 0 Å². The lowest BCUT2D eigenvalue weighted by molar-refractivity contribution is 0.0909. The molecule has 1 atom stereocenters. The van der Waals surface area contributed by atoms with Gasteiger partial charge in [0.1, 0.15) is 5.76 Å². The highest BCUT2D eigenvalue weighted by Gasteiger charge is 2.26. The standard InChI is InChI=1S/C21H24N4O3/c1-24-21(27)16-9-4-3-8-15(16)19(23-24)20(26)22-14-17(18-10-7-13-28-18)25-11-5-2-6-12-25/h3-4,7-10,13,17H,2,5-6,11-12,14H2,1H3,(H,22,26)/t17-/m0/s1. The summed E-state index contributed by atoms with van der Waals surface area (Å²) in [5.74, 6) is 0.556. The normalized spacial score (nSPS) is 16.2. The Labute approximate surface area is 162 Å². The molecule has 1 fully saturated rings. The predicted octanol–water partition coefficient (Wildman–Crippen LogP) is 2.48. The van der Waals surface area contributed by atoms with E-state index in [-0.39, 0.29) is 23.2 Å². The quantitative estimate of drug-likeness (QED) is 0.736. The van der Waals surface area contributed by atoms with Crippen LogP contribution in [0.4, 0.5) is 0 Å². The highest BCUT2D eigenvalue weighted by atomic mass is 16.3. The molecule has 146 valence electrons. The highest BCUT2D eigenvalue weighted by molar-refractivity contribution is 6.04. The Morgan fingerprint density at radius 2 is 1.89 bits per heavy atom. The predicted molar refractivity (Wildman–Crippen MR) is 106 cm³/mol. The first-order valence-corrected chi connectivity index (χ1v) is 9.67. The van der Waals surface area contributed by atoms with Crippen LogP contribution in [0.3, 0.4) is 0 Å². The van der Waals surface area contributed by atoms with Crippen molar-refractivity contribution in [2.45, 2.75) is 25.3 Å². The number of amides is 1. The molecule has 1 aromatic carbocycles. The van der Waals surface area contributed by atoms with E-state index < -0.39 is 0 Å². The van der Waals surface area contributed by atoms with E-state index in [1.165, 1.54) is 11.1 Å². The van der Waals surface area contributed by atoms with E-state index >= 15 is 0 Å². The van der Waals surface area contributed by atoms with Gasteiger partial charge in [-0.1, -0.05) is 24.6 Å².